The lowest BCUT2D eigenvalue weighted by Gasteiger charge is -2.34. The molecule has 4 rings (SSSR count). The summed E-state index contributed by atoms with van der Waals surface area (Å²) in [6, 6.07) is 23.7. The molecule has 230 valence electrons. The molecular weight excluding hydrogens is 664 g/mol. The summed E-state index contributed by atoms with van der Waals surface area (Å²) in [7, 11) is -2.88. The van der Waals surface area contributed by atoms with Crippen molar-refractivity contribution in [1.29, 1.82) is 0 Å². The number of hydrogen-bond donors (Lipinski definition) is 1. The molecule has 0 radical (unpaired) electrons. The zero-order chi connectivity index (χ0) is 32.0. The summed E-state index contributed by atoms with van der Waals surface area (Å²) < 4.78 is 29.1. The molecule has 0 heterocycles. The van der Waals surface area contributed by atoms with Crippen LogP contribution >= 0.6 is 46.4 Å². The highest BCUT2D eigenvalue weighted by Crippen LogP contribution is 2.36. The molecule has 4 aromatic carbocycles. The molecule has 1 atom stereocenters. The Hall–Kier alpha value is -3.27. The van der Waals surface area contributed by atoms with Gasteiger partial charge in [-0.2, -0.15) is 0 Å². The first-order valence-corrected chi connectivity index (χ1v) is 16.4. The van der Waals surface area contributed by atoms with E-state index in [1.54, 1.807) is 30.3 Å². The Balaban J connectivity index is 1.85. The van der Waals surface area contributed by atoms with Gasteiger partial charge < -0.3 is 10.2 Å². The van der Waals surface area contributed by atoms with Crippen molar-refractivity contribution in [2.75, 3.05) is 17.9 Å². The Morgan fingerprint density at radius 2 is 1.39 bits per heavy atom. The Labute approximate surface area is 277 Å². The van der Waals surface area contributed by atoms with E-state index < -0.39 is 34.4 Å². The number of hydrogen-bond acceptors (Lipinski definition) is 4. The minimum absolute atomic E-state index is 0.00312. The number of nitrogens with zero attached hydrogens (tertiary/aromatic N) is 2. The number of benzene rings is 4. The highest BCUT2D eigenvalue weighted by atomic mass is 35.5. The van der Waals surface area contributed by atoms with Gasteiger partial charge in [-0.3, -0.25) is 13.9 Å². The maximum absolute atomic E-state index is 14.4. The topological polar surface area (TPSA) is 86.8 Å². The Bertz CT molecular complexity index is 1730. The van der Waals surface area contributed by atoms with Gasteiger partial charge in [-0.1, -0.05) is 107 Å². The van der Waals surface area contributed by atoms with Gasteiger partial charge in [-0.05, 0) is 48.9 Å². The molecule has 0 aliphatic carbocycles. The van der Waals surface area contributed by atoms with E-state index in [0.717, 1.165) is 15.4 Å². The SMILES string of the molecule is CNC(=O)[C@H](Cc1ccccc1)N(Cc1c(Cl)cccc1Cl)C(=O)CN(c1cccc(Cl)c1Cl)S(=O)(=O)c1ccc(C)cc1. The molecule has 12 heteroatoms. The van der Waals surface area contributed by atoms with E-state index in [1.807, 2.05) is 37.3 Å². The van der Waals surface area contributed by atoms with Crippen LogP contribution in [0.5, 0.6) is 0 Å². The molecule has 2 amide bonds. The number of rotatable bonds is 11. The van der Waals surface area contributed by atoms with Gasteiger partial charge in [0.15, 0.2) is 0 Å². The highest BCUT2D eigenvalue weighted by molar-refractivity contribution is 7.92. The number of sulfonamides is 1. The van der Waals surface area contributed by atoms with Gasteiger partial charge in [0.1, 0.15) is 12.6 Å². The van der Waals surface area contributed by atoms with E-state index in [-0.39, 0.29) is 43.6 Å². The summed E-state index contributed by atoms with van der Waals surface area (Å²) in [6.45, 7) is 0.944. The molecule has 44 heavy (non-hydrogen) atoms. The van der Waals surface area contributed by atoms with E-state index in [4.69, 9.17) is 46.4 Å². The molecule has 4 aromatic rings. The number of halogens is 4. The minimum Gasteiger partial charge on any atom is -0.357 e. The zero-order valence-electron chi connectivity index (χ0n) is 23.8. The summed E-state index contributed by atoms with van der Waals surface area (Å²) in [5, 5.41) is 3.25. The van der Waals surface area contributed by atoms with Gasteiger partial charge in [0.2, 0.25) is 11.8 Å². The third-order valence-electron chi connectivity index (χ3n) is 7.00. The first-order valence-electron chi connectivity index (χ1n) is 13.4. The third-order valence-corrected chi connectivity index (χ3v) is 10.3. The van der Waals surface area contributed by atoms with Crippen LogP contribution in [-0.2, 0) is 32.6 Å². The lowest BCUT2D eigenvalue weighted by molar-refractivity contribution is -0.139. The summed E-state index contributed by atoms with van der Waals surface area (Å²) in [5.74, 6) is -1.16. The monoisotopic (exact) mass is 691 g/mol. The molecule has 0 bridgehead atoms. The average Bonchev–Trinajstić information content (AvgIpc) is 3.00. The van der Waals surface area contributed by atoms with Crippen LogP contribution in [0.2, 0.25) is 20.1 Å². The van der Waals surface area contributed by atoms with Gasteiger partial charge in [-0.25, -0.2) is 8.42 Å². The summed E-state index contributed by atoms with van der Waals surface area (Å²) in [5.41, 5.74) is 2.04. The molecule has 0 aliphatic rings. The predicted molar refractivity (Wildman–Crippen MR) is 177 cm³/mol. The maximum atomic E-state index is 14.4. The van der Waals surface area contributed by atoms with Crippen molar-refractivity contribution in [2.45, 2.75) is 30.8 Å². The first kappa shape index (κ1) is 33.6. The molecule has 0 saturated carbocycles. The Morgan fingerprint density at radius 1 is 0.795 bits per heavy atom. The average molecular weight is 693 g/mol. The van der Waals surface area contributed by atoms with Crippen molar-refractivity contribution < 1.29 is 18.0 Å². The molecule has 0 saturated heterocycles. The fourth-order valence-corrected chi connectivity index (χ4v) is 7.00. The third kappa shape index (κ3) is 7.68. The van der Waals surface area contributed by atoms with Gasteiger partial charge in [-0.15, -0.1) is 0 Å². The predicted octanol–water partition coefficient (Wildman–Crippen LogP) is 7.19. The number of carbonyl (C=O) groups is 2. The van der Waals surface area contributed by atoms with Crippen LogP contribution in [0.4, 0.5) is 5.69 Å². The number of aryl methyl sites for hydroxylation is 1. The fourth-order valence-electron chi connectivity index (χ4n) is 4.61. The largest absolute Gasteiger partial charge is 0.357 e. The van der Waals surface area contributed by atoms with Crippen molar-refractivity contribution in [1.82, 2.24) is 10.2 Å². The smallest absolute Gasteiger partial charge is 0.264 e. The molecule has 0 spiro atoms. The van der Waals surface area contributed by atoms with E-state index in [9.17, 15) is 18.0 Å². The molecule has 7 nitrogen and oxygen atoms in total. The highest BCUT2D eigenvalue weighted by Gasteiger charge is 2.35. The Kier molecular flexibility index (Phi) is 11.2. The van der Waals surface area contributed by atoms with E-state index in [0.29, 0.717) is 5.56 Å². The molecule has 1 N–H and O–H groups in total. The van der Waals surface area contributed by atoms with Gasteiger partial charge >= 0.3 is 0 Å². The van der Waals surface area contributed by atoms with E-state index in [2.05, 4.69) is 5.32 Å². The van der Waals surface area contributed by atoms with Gasteiger partial charge in [0.05, 0.1) is 20.6 Å². The van der Waals surface area contributed by atoms with Crippen LogP contribution in [0.25, 0.3) is 0 Å². The molecule has 0 aromatic heterocycles. The van der Waals surface area contributed by atoms with Crippen molar-refractivity contribution in [3.63, 3.8) is 0 Å². The Morgan fingerprint density at radius 3 is 2.00 bits per heavy atom. The maximum Gasteiger partial charge on any atom is 0.264 e. The molecular formula is C32H29Cl4N3O4S. The standard InChI is InChI=1S/C32H29Cl4N3O4S/c1-21-14-16-23(17-15-21)44(42,43)39(28-13-7-12-27(35)31(28)36)20-30(40)38(19-24-25(33)10-6-11-26(24)34)29(32(41)37-2)18-22-8-4-3-5-9-22/h3-17,29H,18-20H2,1-2H3,(H,37,41)/t29-/m0/s1. The van der Waals surface area contributed by atoms with Gasteiger partial charge in [0.25, 0.3) is 10.0 Å². The van der Waals surface area contributed by atoms with Crippen molar-refractivity contribution in [3.8, 4) is 0 Å². The second-order valence-corrected chi connectivity index (χ2v) is 13.4. The number of likely N-dealkylation sites (N-methyl/N-ethyl adjacent to an activating group) is 1. The zero-order valence-corrected chi connectivity index (χ0v) is 27.6. The lowest BCUT2D eigenvalue weighted by atomic mass is 10.0. The second kappa shape index (κ2) is 14.7. The number of anilines is 1. The summed E-state index contributed by atoms with van der Waals surface area (Å²) in [6.07, 6.45) is 0.136. The van der Waals surface area contributed by atoms with Crippen LogP contribution in [0.3, 0.4) is 0 Å². The fraction of sp³-hybridized carbons (Fsp3) is 0.188. The van der Waals surface area contributed by atoms with Crippen molar-refractivity contribution in [3.05, 3.63) is 128 Å². The van der Waals surface area contributed by atoms with Crippen molar-refractivity contribution in [2.24, 2.45) is 0 Å². The van der Waals surface area contributed by atoms with Crippen molar-refractivity contribution >= 4 is 73.9 Å². The lowest BCUT2D eigenvalue weighted by Crippen LogP contribution is -2.53. The minimum atomic E-state index is -4.35. The molecule has 0 fully saturated rings. The first-order chi connectivity index (χ1) is 20.9. The normalized spacial score (nSPS) is 12.0. The van der Waals surface area contributed by atoms with Crippen LogP contribution in [0.15, 0.2) is 95.9 Å². The van der Waals surface area contributed by atoms with E-state index in [1.165, 1.54) is 42.3 Å². The van der Waals surface area contributed by atoms with Crippen LogP contribution in [0.1, 0.15) is 16.7 Å². The van der Waals surface area contributed by atoms with Crippen LogP contribution in [-0.4, -0.2) is 44.8 Å². The second-order valence-electron chi connectivity index (χ2n) is 9.94. The molecule has 0 aliphatic heterocycles. The van der Waals surface area contributed by atoms with Crippen LogP contribution in [0, 0.1) is 6.92 Å². The number of nitrogens with one attached hydrogen (secondary N) is 1. The van der Waals surface area contributed by atoms with Gasteiger partial charge in [0, 0.05) is 35.6 Å². The number of amides is 2. The quantitative estimate of drug-likeness (QED) is 0.180. The summed E-state index contributed by atoms with van der Waals surface area (Å²) in [4.78, 5) is 29.0. The van der Waals surface area contributed by atoms with Crippen LogP contribution < -0.4 is 9.62 Å². The molecule has 0 unspecified atom stereocenters. The number of carbonyl (C=O) groups excluding carboxylic acids is 2. The van der Waals surface area contributed by atoms with E-state index >= 15 is 0 Å². The summed E-state index contributed by atoms with van der Waals surface area (Å²) >= 11 is 25.8.